The number of aromatic nitrogens is 2. The second kappa shape index (κ2) is 3.68. The van der Waals surface area contributed by atoms with Crippen molar-refractivity contribution in [2.24, 2.45) is 5.92 Å². The number of nitrogens with two attached hydrogens (primary N) is 1. The van der Waals surface area contributed by atoms with Crippen molar-refractivity contribution in [3.05, 3.63) is 16.8 Å². The molecule has 1 unspecified atom stereocenters. The fraction of sp³-hybridized carbons (Fsp3) is 0.455. The predicted octanol–water partition coefficient (Wildman–Crippen LogP) is 1.37. The zero-order valence-corrected chi connectivity index (χ0v) is 9.63. The number of aliphatic hydroxyl groups excluding tert-OH is 1. The van der Waals surface area contributed by atoms with E-state index in [1.807, 2.05) is 0 Å². The van der Waals surface area contributed by atoms with Crippen molar-refractivity contribution >= 4 is 27.4 Å². The number of aliphatic hydroxyl groups is 1. The van der Waals surface area contributed by atoms with E-state index in [0.717, 1.165) is 29.5 Å². The maximum Gasteiger partial charge on any atom is 0.135 e. The fourth-order valence-corrected chi connectivity index (χ4v) is 3.67. The van der Waals surface area contributed by atoms with Gasteiger partial charge in [0.15, 0.2) is 0 Å². The monoisotopic (exact) mass is 235 g/mol. The standard InChI is InChI=1S/C11H13N3OS/c12-10-9-7-2-1-6(4-15)3-8(7)16-11(9)14-5-13-10/h5-6,15H,1-4H2,(H2,12,13,14). The molecule has 0 aromatic carbocycles. The quantitative estimate of drug-likeness (QED) is 0.783. The van der Waals surface area contributed by atoms with Gasteiger partial charge in [-0.25, -0.2) is 9.97 Å². The lowest BCUT2D eigenvalue weighted by molar-refractivity contribution is 0.214. The Morgan fingerprint density at radius 2 is 2.38 bits per heavy atom. The van der Waals surface area contributed by atoms with Gasteiger partial charge in [-0.1, -0.05) is 0 Å². The molecule has 0 saturated carbocycles. The number of fused-ring (bicyclic) bond motifs is 3. The summed E-state index contributed by atoms with van der Waals surface area (Å²) in [6.45, 7) is 0.273. The van der Waals surface area contributed by atoms with Crippen molar-refractivity contribution in [2.45, 2.75) is 19.3 Å². The summed E-state index contributed by atoms with van der Waals surface area (Å²) in [5.74, 6) is 0.986. The first-order valence-electron chi connectivity index (χ1n) is 5.41. The van der Waals surface area contributed by atoms with E-state index in [0.29, 0.717) is 11.7 Å². The third-order valence-electron chi connectivity index (χ3n) is 3.23. The van der Waals surface area contributed by atoms with Crippen LogP contribution in [0.4, 0.5) is 5.82 Å². The molecule has 2 aromatic rings. The van der Waals surface area contributed by atoms with Crippen LogP contribution in [0.1, 0.15) is 16.9 Å². The van der Waals surface area contributed by atoms with Gasteiger partial charge in [0.1, 0.15) is 17.0 Å². The number of nitrogens with zero attached hydrogens (tertiary/aromatic N) is 2. The average molecular weight is 235 g/mol. The molecule has 2 heterocycles. The topological polar surface area (TPSA) is 72.0 Å². The van der Waals surface area contributed by atoms with Crippen LogP contribution in [-0.4, -0.2) is 21.7 Å². The van der Waals surface area contributed by atoms with Gasteiger partial charge < -0.3 is 10.8 Å². The molecule has 1 atom stereocenters. The Labute approximate surface area is 97.1 Å². The van der Waals surface area contributed by atoms with Gasteiger partial charge in [0, 0.05) is 11.5 Å². The number of hydrogen-bond acceptors (Lipinski definition) is 5. The second-order valence-corrected chi connectivity index (χ2v) is 5.32. The first-order chi connectivity index (χ1) is 7.79. The van der Waals surface area contributed by atoms with Gasteiger partial charge in [-0.05, 0) is 30.7 Å². The summed E-state index contributed by atoms with van der Waals surface area (Å²) >= 11 is 1.69. The molecular formula is C11H13N3OS. The molecule has 0 spiro atoms. The highest BCUT2D eigenvalue weighted by molar-refractivity contribution is 7.19. The van der Waals surface area contributed by atoms with E-state index in [-0.39, 0.29) is 6.61 Å². The van der Waals surface area contributed by atoms with Crippen LogP contribution < -0.4 is 5.73 Å². The Morgan fingerprint density at radius 3 is 3.19 bits per heavy atom. The van der Waals surface area contributed by atoms with E-state index in [1.54, 1.807) is 11.3 Å². The molecule has 0 fully saturated rings. The molecule has 1 aliphatic rings. The summed E-state index contributed by atoms with van der Waals surface area (Å²) in [7, 11) is 0. The summed E-state index contributed by atoms with van der Waals surface area (Å²) < 4.78 is 0. The molecule has 2 aromatic heterocycles. The summed E-state index contributed by atoms with van der Waals surface area (Å²) in [5.41, 5.74) is 7.21. The van der Waals surface area contributed by atoms with Crippen molar-refractivity contribution in [3.63, 3.8) is 0 Å². The van der Waals surface area contributed by atoms with Gasteiger partial charge in [-0.3, -0.25) is 0 Å². The van der Waals surface area contributed by atoms with Crippen LogP contribution in [0.15, 0.2) is 6.33 Å². The largest absolute Gasteiger partial charge is 0.396 e. The highest BCUT2D eigenvalue weighted by Gasteiger charge is 2.23. The molecule has 0 radical (unpaired) electrons. The van der Waals surface area contributed by atoms with E-state index >= 15 is 0 Å². The summed E-state index contributed by atoms with van der Waals surface area (Å²) in [6, 6.07) is 0. The average Bonchev–Trinajstić information content (AvgIpc) is 2.67. The highest BCUT2D eigenvalue weighted by Crippen LogP contribution is 2.38. The van der Waals surface area contributed by atoms with Gasteiger partial charge in [-0.15, -0.1) is 11.3 Å². The van der Waals surface area contributed by atoms with Crippen molar-refractivity contribution < 1.29 is 5.11 Å². The van der Waals surface area contributed by atoms with Crippen LogP contribution in [0.25, 0.3) is 10.2 Å². The predicted molar refractivity (Wildman–Crippen MR) is 64.4 cm³/mol. The maximum absolute atomic E-state index is 9.20. The molecule has 3 N–H and O–H groups in total. The third kappa shape index (κ3) is 1.39. The van der Waals surface area contributed by atoms with Crippen molar-refractivity contribution in [1.82, 2.24) is 9.97 Å². The van der Waals surface area contributed by atoms with E-state index in [1.165, 1.54) is 16.8 Å². The maximum atomic E-state index is 9.20. The van der Waals surface area contributed by atoms with Gasteiger partial charge in [0.05, 0.1) is 5.39 Å². The minimum Gasteiger partial charge on any atom is -0.396 e. The fourth-order valence-electron chi connectivity index (χ4n) is 2.36. The molecule has 0 amide bonds. The molecule has 16 heavy (non-hydrogen) atoms. The van der Waals surface area contributed by atoms with Crippen LogP contribution >= 0.6 is 11.3 Å². The van der Waals surface area contributed by atoms with Crippen LogP contribution in [0.5, 0.6) is 0 Å². The SMILES string of the molecule is Nc1ncnc2sc3c(c12)CCC(CO)C3. The first-order valence-corrected chi connectivity index (χ1v) is 6.23. The van der Waals surface area contributed by atoms with Crippen LogP contribution in [0, 0.1) is 5.92 Å². The van der Waals surface area contributed by atoms with Gasteiger partial charge in [0.25, 0.3) is 0 Å². The Morgan fingerprint density at radius 1 is 1.50 bits per heavy atom. The van der Waals surface area contributed by atoms with Crippen molar-refractivity contribution in [3.8, 4) is 0 Å². The van der Waals surface area contributed by atoms with E-state index in [9.17, 15) is 5.11 Å². The third-order valence-corrected chi connectivity index (χ3v) is 4.40. The molecule has 0 aliphatic heterocycles. The number of nitrogen functional groups attached to an aromatic ring is 1. The minimum atomic E-state index is 0.273. The van der Waals surface area contributed by atoms with Gasteiger partial charge in [-0.2, -0.15) is 0 Å². The van der Waals surface area contributed by atoms with E-state index < -0.39 is 0 Å². The highest BCUT2D eigenvalue weighted by atomic mass is 32.1. The number of anilines is 1. The minimum absolute atomic E-state index is 0.273. The lowest BCUT2D eigenvalue weighted by Gasteiger charge is -2.19. The summed E-state index contributed by atoms with van der Waals surface area (Å²) in [5, 5.41) is 10.2. The summed E-state index contributed by atoms with van der Waals surface area (Å²) in [6.07, 6.45) is 4.48. The van der Waals surface area contributed by atoms with Crippen molar-refractivity contribution in [2.75, 3.05) is 12.3 Å². The lowest BCUT2D eigenvalue weighted by atomic mass is 9.88. The molecule has 1 aliphatic carbocycles. The van der Waals surface area contributed by atoms with Crippen LogP contribution in [-0.2, 0) is 12.8 Å². The molecule has 3 rings (SSSR count). The normalized spacial score (nSPS) is 19.9. The summed E-state index contributed by atoms with van der Waals surface area (Å²) in [4.78, 5) is 10.6. The Balaban J connectivity index is 2.17. The molecule has 0 saturated heterocycles. The molecule has 84 valence electrons. The van der Waals surface area contributed by atoms with Gasteiger partial charge in [0.2, 0.25) is 0 Å². The number of aryl methyl sites for hydroxylation is 1. The first kappa shape index (κ1) is 9.99. The Kier molecular flexibility index (Phi) is 2.29. The molecule has 5 heteroatoms. The smallest absolute Gasteiger partial charge is 0.135 e. The van der Waals surface area contributed by atoms with Crippen molar-refractivity contribution in [1.29, 1.82) is 0 Å². The molecule has 4 nitrogen and oxygen atoms in total. The van der Waals surface area contributed by atoms with E-state index in [4.69, 9.17) is 5.73 Å². The number of rotatable bonds is 1. The number of hydrogen-bond donors (Lipinski definition) is 2. The van der Waals surface area contributed by atoms with Crippen LogP contribution in [0.3, 0.4) is 0 Å². The Bertz CT molecular complexity index is 537. The number of thiophene rings is 1. The van der Waals surface area contributed by atoms with Crippen LogP contribution in [0.2, 0.25) is 0 Å². The lowest BCUT2D eigenvalue weighted by Crippen LogP contribution is -2.15. The van der Waals surface area contributed by atoms with E-state index in [2.05, 4.69) is 9.97 Å². The zero-order valence-electron chi connectivity index (χ0n) is 8.81. The Hall–Kier alpha value is -1.20. The van der Waals surface area contributed by atoms with Gasteiger partial charge >= 0.3 is 0 Å². The second-order valence-electron chi connectivity index (χ2n) is 4.23. The zero-order chi connectivity index (χ0) is 11.1. The molecule has 0 bridgehead atoms. The molecular weight excluding hydrogens is 222 g/mol.